The average Bonchev–Trinajstić information content (AvgIpc) is 2.81. The van der Waals surface area contributed by atoms with Crippen LogP contribution in [0, 0.1) is 0 Å². The molecule has 0 aliphatic carbocycles. The molecular weight excluding hydrogens is 396 g/mol. The Kier molecular flexibility index (Phi) is 9.99. The predicted octanol–water partition coefficient (Wildman–Crippen LogP) is 8.70. The van der Waals surface area contributed by atoms with Gasteiger partial charge < -0.3 is 14.2 Å². The van der Waals surface area contributed by atoms with Crippen LogP contribution in [0.15, 0.2) is 42.5 Å². The van der Waals surface area contributed by atoms with Crippen LogP contribution in [0.3, 0.4) is 0 Å². The molecule has 0 N–H and O–H groups in total. The van der Waals surface area contributed by atoms with Crippen molar-refractivity contribution < 1.29 is 14.2 Å². The standard InChI is InChI=1S/C29H40O3/c1-4-7-12-17-30-27-22-25-20-23-15-10-11-16-24(23)21-26(25)28(31-18-13-8-5-2)29(27)32-19-14-9-6-3/h10-11,15-16,20-22H,4-9,12-14,17-19H2,1-3H3. The summed E-state index contributed by atoms with van der Waals surface area (Å²) in [6.45, 7) is 8.73. The van der Waals surface area contributed by atoms with Crippen LogP contribution in [0.4, 0.5) is 0 Å². The molecule has 0 spiro atoms. The Morgan fingerprint density at radius 1 is 0.531 bits per heavy atom. The highest BCUT2D eigenvalue weighted by Crippen LogP contribution is 2.45. The van der Waals surface area contributed by atoms with Crippen LogP contribution in [-0.4, -0.2) is 19.8 Å². The predicted molar refractivity (Wildman–Crippen MR) is 137 cm³/mol. The second-order valence-electron chi connectivity index (χ2n) is 8.62. The molecule has 3 rings (SSSR count). The number of hydrogen-bond donors (Lipinski definition) is 0. The fraction of sp³-hybridized carbons (Fsp3) is 0.517. The zero-order chi connectivity index (χ0) is 22.6. The first-order valence-corrected chi connectivity index (χ1v) is 12.7. The molecular formula is C29H40O3. The normalized spacial score (nSPS) is 11.2. The van der Waals surface area contributed by atoms with E-state index in [1.165, 1.54) is 42.9 Å². The van der Waals surface area contributed by atoms with Gasteiger partial charge in [-0.05, 0) is 53.6 Å². The van der Waals surface area contributed by atoms with E-state index < -0.39 is 0 Å². The molecule has 0 unspecified atom stereocenters. The smallest absolute Gasteiger partial charge is 0.204 e. The lowest BCUT2D eigenvalue weighted by Crippen LogP contribution is -2.06. The van der Waals surface area contributed by atoms with E-state index >= 15 is 0 Å². The summed E-state index contributed by atoms with van der Waals surface area (Å²) in [6.07, 6.45) is 10.2. The SMILES string of the molecule is CCCCCOc1cc2cc3ccccc3cc2c(OCCCCC)c1OCCCCC. The quantitative estimate of drug-likeness (QED) is 0.176. The minimum atomic E-state index is 0.684. The molecule has 0 atom stereocenters. The minimum Gasteiger partial charge on any atom is -0.490 e. The van der Waals surface area contributed by atoms with Crippen LogP contribution >= 0.6 is 0 Å². The van der Waals surface area contributed by atoms with E-state index in [9.17, 15) is 0 Å². The van der Waals surface area contributed by atoms with Crippen LogP contribution in [0.5, 0.6) is 17.2 Å². The van der Waals surface area contributed by atoms with Gasteiger partial charge in [0.2, 0.25) is 5.75 Å². The van der Waals surface area contributed by atoms with Crippen molar-refractivity contribution in [1.29, 1.82) is 0 Å². The van der Waals surface area contributed by atoms with Crippen molar-refractivity contribution in [1.82, 2.24) is 0 Å². The highest BCUT2D eigenvalue weighted by molar-refractivity contribution is 6.03. The second-order valence-corrected chi connectivity index (χ2v) is 8.62. The Bertz CT molecular complexity index is 963. The summed E-state index contributed by atoms with van der Waals surface area (Å²) < 4.78 is 19.1. The lowest BCUT2D eigenvalue weighted by Gasteiger charge is -2.20. The molecule has 32 heavy (non-hydrogen) atoms. The van der Waals surface area contributed by atoms with E-state index in [0.29, 0.717) is 19.8 Å². The van der Waals surface area contributed by atoms with Gasteiger partial charge in [-0.3, -0.25) is 0 Å². The lowest BCUT2D eigenvalue weighted by atomic mass is 10.0. The van der Waals surface area contributed by atoms with Crippen molar-refractivity contribution in [3.8, 4) is 17.2 Å². The minimum absolute atomic E-state index is 0.684. The summed E-state index contributed by atoms with van der Waals surface area (Å²) in [5.74, 6) is 2.43. The summed E-state index contributed by atoms with van der Waals surface area (Å²) in [7, 11) is 0. The molecule has 0 radical (unpaired) electrons. The van der Waals surface area contributed by atoms with Crippen molar-refractivity contribution in [3.63, 3.8) is 0 Å². The first-order chi connectivity index (χ1) is 15.8. The van der Waals surface area contributed by atoms with Gasteiger partial charge in [0.15, 0.2) is 11.5 Å². The molecule has 3 aromatic rings. The molecule has 174 valence electrons. The van der Waals surface area contributed by atoms with Gasteiger partial charge in [0.05, 0.1) is 19.8 Å². The zero-order valence-corrected chi connectivity index (χ0v) is 20.3. The van der Waals surface area contributed by atoms with Gasteiger partial charge in [0, 0.05) is 5.39 Å². The van der Waals surface area contributed by atoms with Gasteiger partial charge in [-0.2, -0.15) is 0 Å². The molecule has 0 saturated heterocycles. The fourth-order valence-electron chi connectivity index (χ4n) is 3.99. The van der Waals surface area contributed by atoms with Gasteiger partial charge in [0.25, 0.3) is 0 Å². The van der Waals surface area contributed by atoms with Gasteiger partial charge in [-0.15, -0.1) is 0 Å². The third-order valence-electron chi connectivity index (χ3n) is 5.87. The number of fused-ring (bicyclic) bond motifs is 2. The molecule has 0 bridgehead atoms. The number of ether oxygens (including phenoxy) is 3. The van der Waals surface area contributed by atoms with E-state index in [0.717, 1.165) is 53.7 Å². The maximum Gasteiger partial charge on any atom is 0.204 e. The van der Waals surface area contributed by atoms with Crippen LogP contribution in [0.25, 0.3) is 21.5 Å². The Morgan fingerprint density at radius 2 is 1.06 bits per heavy atom. The summed E-state index contributed by atoms with van der Waals surface area (Å²) in [6, 6.07) is 15.1. The topological polar surface area (TPSA) is 27.7 Å². The van der Waals surface area contributed by atoms with Crippen LogP contribution < -0.4 is 14.2 Å². The van der Waals surface area contributed by atoms with Crippen LogP contribution in [0.2, 0.25) is 0 Å². The highest BCUT2D eigenvalue weighted by atomic mass is 16.5. The lowest BCUT2D eigenvalue weighted by molar-refractivity contribution is 0.237. The Balaban J connectivity index is 2.03. The average molecular weight is 437 g/mol. The number of unbranched alkanes of at least 4 members (excludes halogenated alkanes) is 6. The third-order valence-corrected chi connectivity index (χ3v) is 5.87. The van der Waals surface area contributed by atoms with E-state index in [1.807, 2.05) is 0 Å². The number of hydrogen-bond acceptors (Lipinski definition) is 3. The van der Waals surface area contributed by atoms with Gasteiger partial charge >= 0.3 is 0 Å². The zero-order valence-electron chi connectivity index (χ0n) is 20.3. The molecule has 0 fully saturated rings. The molecule has 0 aliphatic rings. The summed E-state index contributed by atoms with van der Waals surface area (Å²) in [5, 5.41) is 4.68. The molecule has 0 saturated carbocycles. The first kappa shape index (κ1) is 24.2. The van der Waals surface area contributed by atoms with Crippen molar-refractivity contribution >= 4 is 21.5 Å². The Hall–Kier alpha value is -2.42. The summed E-state index contributed by atoms with van der Waals surface area (Å²) in [4.78, 5) is 0. The van der Waals surface area contributed by atoms with E-state index in [-0.39, 0.29) is 0 Å². The number of rotatable bonds is 15. The Labute approximate surface area is 194 Å². The van der Waals surface area contributed by atoms with Crippen molar-refractivity contribution in [3.05, 3.63) is 42.5 Å². The fourth-order valence-corrected chi connectivity index (χ4v) is 3.99. The van der Waals surface area contributed by atoms with Crippen LogP contribution in [-0.2, 0) is 0 Å². The van der Waals surface area contributed by atoms with Crippen molar-refractivity contribution in [2.24, 2.45) is 0 Å². The summed E-state index contributed by atoms with van der Waals surface area (Å²) >= 11 is 0. The second kappa shape index (κ2) is 13.2. The maximum atomic E-state index is 6.42. The third kappa shape index (κ3) is 6.54. The first-order valence-electron chi connectivity index (χ1n) is 12.7. The molecule has 3 aromatic carbocycles. The van der Waals surface area contributed by atoms with Crippen molar-refractivity contribution in [2.75, 3.05) is 19.8 Å². The monoisotopic (exact) mass is 436 g/mol. The van der Waals surface area contributed by atoms with Crippen LogP contribution in [0.1, 0.15) is 78.6 Å². The Morgan fingerprint density at radius 3 is 1.66 bits per heavy atom. The molecule has 3 heteroatoms. The van der Waals surface area contributed by atoms with Gasteiger partial charge in [-0.1, -0.05) is 83.6 Å². The maximum absolute atomic E-state index is 6.42. The van der Waals surface area contributed by atoms with Crippen molar-refractivity contribution in [2.45, 2.75) is 78.6 Å². The van der Waals surface area contributed by atoms with Gasteiger partial charge in [-0.25, -0.2) is 0 Å². The van der Waals surface area contributed by atoms with E-state index in [1.54, 1.807) is 0 Å². The van der Waals surface area contributed by atoms with E-state index in [2.05, 4.69) is 63.2 Å². The molecule has 3 nitrogen and oxygen atoms in total. The summed E-state index contributed by atoms with van der Waals surface area (Å²) in [5.41, 5.74) is 0. The molecule has 0 heterocycles. The van der Waals surface area contributed by atoms with Gasteiger partial charge in [0.1, 0.15) is 0 Å². The molecule has 0 aliphatic heterocycles. The molecule has 0 amide bonds. The molecule has 0 aromatic heterocycles. The largest absolute Gasteiger partial charge is 0.490 e. The number of benzene rings is 3. The van der Waals surface area contributed by atoms with E-state index in [4.69, 9.17) is 14.2 Å². The highest BCUT2D eigenvalue weighted by Gasteiger charge is 2.19.